The molecule has 72 valence electrons. The van der Waals surface area contributed by atoms with Crippen LogP contribution in [0.2, 0.25) is 0 Å². The van der Waals surface area contributed by atoms with Crippen molar-refractivity contribution in [2.75, 3.05) is 18.4 Å². The van der Waals surface area contributed by atoms with E-state index < -0.39 is 0 Å². The van der Waals surface area contributed by atoms with E-state index in [0.29, 0.717) is 0 Å². The van der Waals surface area contributed by atoms with Crippen LogP contribution >= 0.6 is 0 Å². The summed E-state index contributed by atoms with van der Waals surface area (Å²) in [5.41, 5.74) is 7.78. The summed E-state index contributed by atoms with van der Waals surface area (Å²) in [6, 6.07) is 2.12. The van der Waals surface area contributed by atoms with Crippen molar-refractivity contribution in [3.63, 3.8) is 0 Å². The van der Waals surface area contributed by atoms with Crippen molar-refractivity contribution in [2.24, 2.45) is 5.73 Å². The lowest BCUT2D eigenvalue weighted by Crippen LogP contribution is -2.10. The second-order valence-corrected chi connectivity index (χ2v) is 3.25. The van der Waals surface area contributed by atoms with Crippen LogP contribution < -0.4 is 11.1 Å². The summed E-state index contributed by atoms with van der Waals surface area (Å²) in [7, 11) is 0. The molecule has 0 saturated heterocycles. The minimum absolute atomic E-state index is 0.720. The van der Waals surface area contributed by atoms with Crippen molar-refractivity contribution in [3.05, 3.63) is 23.4 Å². The second kappa shape index (κ2) is 4.82. The fraction of sp³-hybridized carbons (Fsp3) is 0.500. The molecule has 0 radical (unpaired) electrons. The van der Waals surface area contributed by atoms with Crippen molar-refractivity contribution in [1.82, 2.24) is 4.98 Å². The second-order valence-electron chi connectivity index (χ2n) is 3.25. The largest absolute Gasteiger partial charge is 0.370 e. The molecule has 0 atom stereocenters. The van der Waals surface area contributed by atoms with E-state index in [4.69, 9.17) is 5.73 Å². The Bertz CT molecular complexity index is 271. The number of nitrogens with zero attached hydrogens (tertiary/aromatic N) is 1. The molecule has 1 aromatic heterocycles. The Hall–Kier alpha value is -1.09. The standard InChI is InChI=1S/C10H17N3/c1-8-6-9(2)10(13-7-8)12-5-3-4-11/h6-7H,3-5,11H2,1-2H3,(H,12,13). The third-order valence-corrected chi connectivity index (χ3v) is 1.89. The summed E-state index contributed by atoms with van der Waals surface area (Å²) < 4.78 is 0. The average molecular weight is 179 g/mol. The first kappa shape index (κ1) is 9.99. The molecule has 0 unspecified atom stereocenters. The van der Waals surface area contributed by atoms with Crippen molar-refractivity contribution < 1.29 is 0 Å². The van der Waals surface area contributed by atoms with E-state index in [-0.39, 0.29) is 0 Å². The highest BCUT2D eigenvalue weighted by Crippen LogP contribution is 2.11. The van der Waals surface area contributed by atoms with E-state index in [1.807, 2.05) is 13.1 Å². The molecule has 0 aromatic carbocycles. The number of aryl methyl sites for hydroxylation is 2. The Morgan fingerprint density at radius 3 is 2.85 bits per heavy atom. The van der Waals surface area contributed by atoms with Gasteiger partial charge in [-0.25, -0.2) is 4.98 Å². The van der Waals surface area contributed by atoms with Gasteiger partial charge in [0.15, 0.2) is 0 Å². The van der Waals surface area contributed by atoms with Crippen LogP contribution in [-0.4, -0.2) is 18.1 Å². The molecule has 1 aromatic rings. The number of hydrogen-bond acceptors (Lipinski definition) is 3. The number of pyridine rings is 1. The van der Waals surface area contributed by atoms with E-state index in [2.05, 4.69) is 23.3 Å². The van der Waals surface area contributed by atoms with Gasteiger partial charge in [-0.05, 0) is 37.9 Å². The third kappa shape index (κ3) is 3.03. The third-order valence-electron chi connectivity index (χ3n) is 1.89. The molecule has 3 heteroatoms. The SMILES string of the molecule is Cc1cnc(NCCCN)c(C)c1. The molecule has 13 heavy (non-hydrogen) atoms. The molecule has 3 nitrogen and oxygen atoms in total. The van der Waals surface area contributed by atoms with Crippen LogP contribution in [0.15, 0.2) is 12.3 Å². The van der Waals surface area contributed by atoms with Gasteiger partial charge >= 0.3 is 0 Å². The molecule has 0 bridgehead atoms. The molecule has 0 fully saturated rings. The topological polar surface area (TPSA) is 50.9 Å². The number of hydrogen-bond donors (Lipinski definition) is 2. The van der Waals surface area contributed by atoms with Gasteiger partial charge in [0, 0.05) is 12.7 Å². The number of nitrogens with two attached hydrogens (primary N) is 1. The highest BCUT2D eigenvalue weighted by atomic mass is 15.0. The highest BCUT2D eigenvalue weighted by molar-refractivity contribution is 5.44. The van der Waals surface area contributed by atoms with Gasteiger partial charge in [0.05, 0.1) is 0 Å². The number of nitrogens with one attached hydrogen (secondary N) is 1. The number of aromatic nitrogens is 1. The average Bonchev–Trinajstić information content (AvgIpc) is 2.09. The van der Waals surface area contributed by atoms with Gasteiger partial charge in [0.1, 0.15) is 5.82 Å². The van der Waals surface area contributed by atoms with Crippen LogP contribution in [0.3, 0.4) is 0 Å². The van der Waals surface area contributed by atoms with E-state index in [1.54, 1.807) is 0 Å². The zero-order chi connectivity index (χ0) is 9.68. The van der Waals surface area contributed by atoms with Crippen molar-refractivity contribution in [1.29, 1.82) is 0 Å². The molecular formula is C10H17N3. The zero-order valence-corrected chi connectivity index (χ0v) is 8.30. The van der Waals surface area contributed by atoms with E-state index in [1.165, 1.54) is 11.1 Å². The van der Waals surface area contributed by atoms with Gasteiger partial charge in [0.25, 0.3) is 0 Å². The predicted octanol–water partition coefficient (Wildman–Crippen LogP) is 1.46. The molecule has 0 amide bonds. The molecule has 0 spiro atoms. The minimum atomic E-state index is 0.720. The van der Waals surface area contributed by atoms with Gasteiger partial charge in [-0.1, -0.05) is 6.07 Å². The quantitative estimate of drug-likeness (QED) is 0.688. The molecule has 0 saturated carbocycles. The van der Waals surface area contributed by atoms with Gasteiger partial charge in [-0.15, -0.1) is 0 Å². The summed E-state index contributed by atoms with van der Waals surface area (Å²) in [4.78, 5) is 4.30. The minimum Gasteiger partial charge on any atom is -0.370 e. The fourth-order valence-corrected chi connectivity index (χ4v) is 1.21. The van der Waals surface area contributed by atoms with Crippen molar-refractivity contribution in [2.45, 2.75) is 20.3 Å². The van der Waals surface area contributed by atoms with Crippen LogP contribution in [0.25, 0.3) is 0 Å². The summed E-state index contributed by atoms with van der Waals surface area (Å²) in [6.07, 6.45) is 2.85. The van der Waals surface area contributed by atoms with Crippen molar-refractivity contribution >= 4 is 5.82 Å². The maximum absolute atomic E-state index is 5.39. The van der Waals surface area contributed by atoms with Crippen LogP contribution in [0.5, 0.6) is 0 Å². The Morgan fingerprint density at radius 1 is 1.46 bits per heavy atom. The first-order valence-electron chi connectivity index (χ1n) is 4.61. The molecule has 1 rings (SSSR count). The molecule has 0 aliphatic carbocycles. The summed E-state index contributed by atoms with van der Waals surface area (Å²) in [5, 5.41) is 3.25. The number of anilines is 1. The van der Waals surface area contributed by atoms with Gasteiger partial charge in [0.2, 0.25) is 0 Å². The Balaban J connectivity index is 2.56. The van der Waals surface area contributed by atoms with Crippen LogP contribution in [0.1, 0.15) is 17.5 Å². The smallest absolute Gasteiger partial charge is 0.128 e. The Kier molecular flexibility index (Phi) is 3.71. The molecule has 0 aliphatic rings. The summed E-state index contributed by atoms with van der Waals surface area (Å²) >= 11 is 0. The lowest BCUT2D eigenvalue weighted by Gasteiger charge is -2.07. The molecule has 1 heterocycles. The fourth-order valence-electron chi connectivity index (χ4n) is 1.21. The van der Waals surface area contributed by atoms with E-state index >= 15 is 0 Å². The lowest BCUT2D eigenvalue weighted by molar-refractivity contribution is 0.868. The Labute approximate surface area is 79.4 Å². The summed E-state index contributed by atoms with van der Waals surface area (Å²) in [6.45, 7) is 5.72. The number of rotatable bonds is 4. The van der Waals surface area contributed by atoms with Gasteiger partial charge in [-0.3, -0.25) is 0 Å². The van der Waals surface area contributed by atoms with Gasteiger partial charge in [-0.2, -0.15) is 0 Å². The first-order chi connectivity index (χ1) is 6.24. The molecular weight excluding hydrogens is 162 g/mol. The summed E-state index contributed by atoms with van der Waals surface area (Å²) in [5.74, 6) is 0.971. The highest BCUT2D eigenvalue weighted by Gasteiger charge is 1.97. The monoisotopic (exact) mass is 179 g/mol. The molecule has 0 aliphatic heterocycles. The zero-order valence-electron chi connectivity index (χ0n) is 8.30. The molecule has 3 N–H and O–H groups in total. The predicted molar refractivity (Wildman–Crippen MR) is 55.9 cm³/mol. The maximum Gasteiger partial charge on any atom is 0.128 e. The van der Waals surface area contributed by atoms with Crippen LogP contribution in [0, 0.1) is 13.8 Å². The van der Waals surface area contributed by atoms with E-state index in [0.717, 1.165) is 25.3 Å². The lowest BCUT2D eigenvalue weighted by atomic mass is 10.2. The maximum atomic E-state index is 5.39. The van der Waals surface area contributed by atoms with Crippen molar-refractivity contribution in [3.8, 4) is 0 Å². The van der Waals surface area contributed by atoms with Crippen LogP contribution in [0.4, 0.5) is 5.82 Å². The van der Waals surface area contributed by atoms with E-state index in [9.17, 15) is 0 Å². The Morgan fingerprint density at radius 2 is 2.23 bits per heavy atom. The van der Waals surface area contributed by atoms with Crippen LogP contribution in [-0.2, 0) is 0 Å². The van der Waals surface area contributed by atoms with Gasteiger partial charge < -0.3 is 11.1 Å². The first-order valence-corrected chi connectivity index (χ1v) is 4.61. The normalized spacial score (nSPS) is 10.1.